The predicted molar refractivity (Wildman–Crippen MR) is 72.2 cm³/mol. The van der Waals surface area contributed by atoms with E-state index >= 15 is 0 Å². The van der Waals surface area contributed by atoms with Gasteiger partial charge in [0, 0.05) is 11.6 Å². The predicted octanol–water partition coefficient (Wildman–Crippen LogP) is 0.954. The minimum atomic E-state index is -3.98. The van der Waals surface area contributed by atoms with Crippen LogP contribution in [0.3, 0.4) is 0 Å². The highest BCUT2D eigenvalue weighted by Crippen LogP contribution is 2.20. The summed E-state index contributed by atoms with van der Waals surface area (Å²) in [6.45, 7) is 5.05. The zero-order valence-electron chi connectivity index (χ0n) is 12.1. The van der Waals surface area contributed by atoms with Crippen LogP contribution in [0, 0.1) is 0 Å². The molecule has 1 heterocycles. The van der Waals surface area contributed by atoms with E-state index in [1.807, 2.05) is 0 Å². The van der Waals surface area contributed by atoms with Crippen molar-refractivity contribution in [2.45, 2.75) is 31.3 Å². The molecule has 0 aliphatic heterocycles. The normalized spacial score (nSPS) is 12.1. The molecule has 0 spiro atoms. The Morgan fingerprint density at radius 2 is 1.85 bits per heavy atom. The van der Waals surface area contributed by atoms with Gasteiger partial charge in [0.15, 0.2) is 5.03 Å². The first kappa shape index (κ1) is 16.4. The third kappa shape index (κ3) is 3.91. The molecule has 20 heavy (non-hydrogen) atoms. The number of hydrogen-bond acceptors (Lipinski definition) is 6. The summed E-state index contributed by atoms with van der Waals surface area (Å²) in [6.07, 6.45) is 0. The number of rotatable bonds is 4. The van der Waals surface area contributed by atoms with Crippen molar-refractivity contribution < 1.29 is 22.7 Å². The highest BCUT2D eigenvalue weighted by Gasteiger charge is 2.29. The van der Waals surface area contributed by atoms with Crippen molar-refractivity contribution in [2.24, 2.45) is 0 Å². The Kier molecular flexibility index (Phi) is 4.72. The molecule has 0 fully saturated rings. The molecule has 0 amide bonds. The number of sulfonamides is 1. The van der Waals surface area contributed by atoms with Gasteiger partial charge in [0.1, 0.15) is 0 Å². The lowest BCUT2D eigenvalue weighted by atomic mass is 10.1. The van der Waals surface area contributed by atoms with Gasteiger partial charge in [-0.1, -0.05) is 0 Å². The van der Waals surface area contributed by atoms with E-state index < -0.39 is 26.6 Å². The Balaban J connectivity index is 3.43. The van der Waals surface area contributed by atoms with Crippen molar-refractivity contribution in [1.29, 1.82) is 0 Å². The fourth-order valence-electron chi connectivity index (χ4n) is 1.46. The molecule has 0 unspecified atom stereocenters. The SMILES string of the molecule is COC(=O)c1ccc(OC)nc1S(=O)(=O)NC(C)(C)C. The number of pyridine rings is 1. The zero-order valence-corrected chi connectivity index (χ0v) is 12.9. The summed E-state index contributed by atoms with van der Waals surface area (Å²) in [5, 5.41) is -0.418. The van der Waals surface area contributed by atoms with Crippen molar-refractivity contribution in [3.8, 4) is 5.88 Å². The van der Waals surface area contributed by atoms with E-state index in [9.17, 15) is 13.2 Å². The Bertz CT molecular complexity index is 605. The number of carbonyl (C=O) groups is 1. The number of ether oxygens (including phenoxy) is 2. The average molecular weight is 302 g/mol. The monoisotopic (exact) mass is 302 g/mol. The van der Waals surface area contributed by atoms with Crippen LogP contribution in [-0.2, 0) is 14.8 Å². The third-order valence-corrected chi connectivity index (χ3v) is 3.85. The van der Waals surface area contributed by atoms with Gasteiger partial charge in [-0.15, -0.1) is 0 Å². The van der Waals surface area contributed by atoms with Crippen molar-refractivity contribution in [3.63, 3.8) is 0 Å². The quantitative estimate of drug-likeness (QED) is 0.832. The molecule has 0 saturated carbocycles. The van der Waals surface area contributed by atoms with Crippen molar-refractivity contribution in [3.05, 3.63) is 17.7 Å². The second kappa shape index (κ2) is 5.76. The van der Waals surface area contributed by atoms with Gasteiger partial charge in [-0.3, -0.25) is 0 Å². The molecule has 1 rings (SSSR count). The maximum Gasteiger partial charge on any atom is 0.340 e. The second-order valence-electron chi connectivity index (χ2n) is 5.05. The van der Waals surface area contributed by atoms with Gasteiger partial charge < -0.3 is 9.47 Å². The molecule has 0 radical (unpaired) electrons. The highest BCUT2D eigenvalue weighted by molar-refractivity contribution is 7.89. The smallest absolute Gasteiger partial charge is 0.340 e. The molecular formula is C12H18N2O5S. The molecule has 0 aliphatic rings. The molecule has 0 saturated heterocycles. The topological polar surface area (TPSA) is 94.6 Å². The average Bonchev–Trinajstić information content (AvgIpc) is 2.34. The first-order valence-corrected chi connectivity index (χ1v) is 7.26. The summed E-state index contributed by atoms with van der Waals surface area (Å²) in [4.78, 5) is 15.5. The van der Waals surface area contributed by atoms with Crippen LogP contribution in [0.5, 0.6) is 5.88 Å². The molecular weight excluding hydrogens is 284 g/mol. The van der Waals surface area contributed by atoms with E-state index in [0.717, 1.165) is 0 Å². The lowest BCUT2D eigenvalue weighted by Gasteiger charge is -2.20. The Hall–Kier alpha value is -1.67. The third-order valence-electron chi connectivity index (χ3n) is 2.14. The van der Waals surface area contributed by atoms with Crippen LogP contribution < -0.4 is 9.46 Å². The number of methoxy groups -OCH3 is 2. The minimum Gasteiger partial charge on any atom is -0.481 e. The Morgan fingerprint density at radius 3 is 2.30 bits per heavy atom. The molecule has 7 nitrogen and oxygen atoms in total. The van der Waals surface area contributed by atoms with Gasteiger partial charge >= 0.3 is 5.97 Å². The van der Waals surface area contributed by atoms with Gasteiger partial charge in [0.25, 0.3) is 10.0 Å². The molecule has 1 N–H and O–H groups in total. The number of aromatic nitrogens is 1. The zero-order chi connectivity index (χ0) is 15.6. The van der Waals surface area contributed by atoms with Crippen LogP contribution in [0.15, 0.2) is 17.2 Å². The van der Waals surface area contributed by atoms with E-state index in [1.54, 1.807) is 20.8 Å². The number of esters is 1. The summed E-state index contributed by atoms with van der Waals surface area (Å²) in [5.41, 5.74) is -0.859. The van der Waals surface area contributed by atoms with Crippen LogP contribution in [0.2, 0.25) is 0 Å². The van der Waals surface area contributed by atoms with Crippen molar-refractivity contribution in [1.82, 2.24) is 9.71 Å². The lowest BCUT2D eigenvalue weighted by molar-refractivity contribution is 0.0595. The molecule has 112 valence electrons. The Morgan fingerprint density at radius 1 is 1.25 bits per heavy atom. The van der Waals surface area contributed by atoms with Crippen LogP contribution >= 0.6 is 0 Å². The standard InChI is InChI=1S/C12H18N2O5S/c1-12(2,3)14-20(16,17)10-8(11(15)19-5)6-7-9(13-10)18-4/h6-7,14H,1-5H3. The highest BCUT2D eigenvalue weighted by atomic mass is 32.2. The van der Waals surface area contributed by atoms with Crippen molar-refractivity contribution in [2.75, 3.05) is 14.2 Å². The molecule has 0 bridgehead atoms. The van der Waals surface area contributed by atoms with Gasteiger partial charge in [0.2, 0.25) is 5.88 Å². The van der Waals surface area contributed by atoms with Gasteiger partial charge in [0.05, 0.1) is 19.8 Å². The lowest BCUT2D eigenvalue weighted by Crippen LogP contribution is -2.41. The summed E-state index contributed by atoms with van der Waals surface area (Å²) >= 11 is 0. The molecule has 1 aromatic rings. The number of nitrogens with zero attached hydrogens (tertiary/aromatic N) is 1. The number of carbonyl (C=O) groups excluding carboxylic acids is 1. The second-order valence-corrected chi connectivity index (χ2v) is 6.65. The fourth-order valence-corrected chi connectivity index (χ4v) is 3.01. The molecule has 0 aromatic carbocycles. The molecule has 1 aromatic heterocycles. The van der Waals surface area contributed by atoms with E-state index in [2.05, 4.69) is 14.4 Å². The van der Waals surface area contributed by atoms with Crippen molar-refractivity contribution >= 4 is 16.0 Å². The van der Waals surface area contributed by atoms with Crippen LogP contribution in [0.25, 0.3) is 0 Å². The first-order valence-electron chi connectivity index (χ1n) is 5.78. The largest absolute Gasteiger partial charge is 0.481 e. The molecule has 0 atom stereocenters. The summed E-state index contributed by atoms with van der Waals surface area (Å²) < 4.78 is 36.5. The van der Waals surface area contributed by atoms with Crippen LogP contribution in [0.1, 0.15) is 31.1 Å². The van der Waals surface area contributed by atoms with E-state index in [4.69, 9.17) is 4.74 Å². The Labute approximate surface area is 118 Å². The minimum absolute atomic E-state index is 0.0898. The summed E-state index contributed by atoms with van der Waals surface area (Å²) in [7, 11) is -1.46. The summed E-state index contributed by atoms with van der Waals surface area (Å²) in [5.74, 6) is -0.693. The first-order chi connectivity index (χ1) is 9.10. The van der Waals surface area contributed by atoms with Gasteiger partial charge in [-0.05, 0) is 26.8 Å². The van der Waals surface area contributed by atoms with E-state index in [-0.39, 0.29) is 11.4 Å². The maximum absolute atomic E-state index is 12.3. The maximum atomic E-state index is 12.3. The van der Waals surface area contributed by atoms with Gasteiger partial charge in [-0.25, -0.2) is 17.9 Å². The molecule has 0 aliphatic carbocycles. The fraction of sp³-hybridized carbons (Fsp3) is 0.500. The van der Waals surface area contributed by atoms with Gasteiger partial charge in [-0.2, -0.15) is 4.98 Å². The van der Waals surface area contributed by atoms with Crippen LogP contribution in [-0.4, -0.2) is 39.1 Å². The number of nitrogens with one attached hydrogen (secondary N) is 1. The summed E-state index contributed by atoms with van der Waals surface area (Å²) in [6, 6.07) is 2.69. The van der Waals surface area contributed by atoms with E-state index in [0.29, 0.717) is 0 Å². The molecule has 8 heteroatoms. The van der Waals surface area contributed by atoms with E-state index in [1.165, 1.54) is 26.4 Å². The van der Waals surface area contributed by atoms with Crippen LogP contribution in [0.4, 0.5) is 0 Å². The number of hydrogen-bond donors (Lipinski definition) is 1.